The number of aromatic nitrogens is 4. The Kier molecular flexibility index (Phi) is 5.83. The molecule has 11 heteroatoms. The van der Waals surface area contributed by atoms with Gasteiger partial charge in [0.2, 0.25) is 11.9 Å². The molecule has 0 spiro atoms. The minimum absolute atomic E-state index is 0.0538. The number of ketones is 1. The summed E-state index contributed by atoms with van der Waals surface area (Å²) in [6, 6.07) is -0.928. The number of anilines is 3. The maximum absolute atomic E-state index is 13.3. The maximum Gasteiger partial charge on any atom is 0.255 e. The lowest BCUT2D eigenvalue weighted by Crippen LogP contribution is -2.50. The number of fused-ring (bicyclic) bond motifs is 1. The molecule has 2 aliphatic rings. The summed E-state index contributed by atoms with van der Waals surface area (Å²) in [7, 11) is 1.66. The third-order valence-electron chi connectivity index (χ3n) is 6.09. The molecule has 1 aliphatic carbocycles. The zero-order valence-corrected chi connectivity index (χ0v) is 18.4. The van der Waals surface area contributed by atoms with Crippen LogP contribution in [0.15, 0.2) is 12.4 Å². The molecule has 32 heavy (non-hydrogen) atoms. The molecule has 0 unspecified atom stereocenters. The summed E-state index contributed by atoms with van der Waals surface area (Å²) in [4.78, 5) is 34.6. The van der Waals surface area contributed by atoms with Gasteiger partial charge in [-0.15, -0.1) is 0 Å². The summed E-state index contributed by atoms with van der Waals surface area (Å²) in [5.74, 6) is -2.13. The van der Waals surface area contributed by atoms with Crippen molar-refractivity contribution >= 4 is 29.1 Å². The zero-order chi connectivity index (χ0) is 23.0. The molecular weight excluding hydrogens is 420 g/mol. The second-order valence-electron chi connectivity index (χ2n) is 8.67. The van der Waals surface area contributed by atoms with Gasteiger partial charge >= 0.3 is 0 Å². The van der Waals surface area contributed by atoms with Crippen LogP contribution in [0, 0.1) is 12.8 Å². The summed E-state index contributed by atoms with van der Waals surface area (Å²) in [5, 5.41) is 10.2. The highest BCUT2D eigenvalue weighted by molar-refractivity contribution is 6.16. The average Bonchev–Trinajstić information content (AvgIpc) is 3.16. The first kappa shape index (κ1) is 22.1. The van der Waals surface area contributed by atoms with Crippen molar-refractivity contribution in [1.29, 1.82) is 0 Å². The topological polar surface area (TPSA) is 105 Å². The SMILES string of the molecule is CC(=O)[C@H]1C(=O)Nc2c(C)nc(NCc3cnn(CC4CCC(F)(F)CC4)c3)nc2N1C. The lowest BCUT2D eigenvalue weighted by Gasteiger charge is -2.33. The van der Waals surface area contributed by atoms with E-state index >= 15 is 0 Å². The fourth-order valence-electron chi connectivity index (χ4n) is 4.31. The van der Waals surface area contributed by atoms with Gasteiger partial charge in [0.25, 0.3) is 5.91 Å². The number of amides is 1. The van der Waals surface area contributed by atoms with E-state index in [1.807, 2.05) is 6.20 Å². The van der Waals surface area contributed by atoms with E-state index in [2.05, 4.69) is 25.7 Å². The van der Waals surface area contributed by atoms with Gasteiger partial charge in [0, 0.05) is 44.7 Å². The minimum Gasteiger partial charge on any atom is -0.350 e. The van der Waals surface area contributed by atoms with Crippen molar-refractivity contribution in [3.05, 3.63) is 23.7 Å². The van der Waals surface area contributed by atoms with Crippen LogP contribution in [0.25, 0.3) is 0 Å². The number of alkyl halides is 2. The second-order valence-corrected chi connectivity index (χ2v) is 8.67. The van der Waals surface area contributed by atoms with Gasteiger partial charge < -0.3 is 15.5 Å². The quantitative estimate of drug-likeness (QED) is 0.656. The molecule has 2 aromatic heterocycles. The molecule has 0 radical (unpaired) electrons. The van der Waals surface area contributed by atoms with Crippen molar-refractivity contribution in [1.82, 2.24) is 19.7 Å². The fourth-order valence-corrected chi connectivity index (χ4v) is 4.31. The number of hydrogen-bond donors (Lipinski definition) is 2. The number of likely N-dealkylation sites (N-methyl/N-ethyl adjacent to an activating group) is 1. The van der Waals surface area contributed by atoms with Crippen LogP contribution in [-0.2, 0) is 22.7 Å². The first-order valence-electron chi connectivity index (χ1n) is 10.7. The Bertz CT molecular complexity index is 1030. The van der Waals surface area contributed by atoms with E-state index < -0.39 is 17.9 Å². The Labute approximate surface area is 184 Å². The summed E-state index contributed by atoms with van der Waals surface area (Å²) in [6.45, 7) is 4.18. The van der Waals surface area contributed by atoms with Crippen molar-refractivity contribution in [3.8, 4) is 0 Å². The van der Waals surface area contributed by atoms with Gasteiger partial charge in [-0.25, -0.2) is 13.8 Å². The average molecular weight is 447 g/mol. The number of Topliss-reactive ketones (excluding diaryl/α,β-unsaturated/α-hetero) is 1. The number of rotatable bonds is 6. The Hall–Kier alpha value is -3.11. The van der Waals surface area contributed by atoms with Crippen LogP contribution in [-0.4, -0.2) is 50.5 Å². The number of aryl methyl sites for hydroxylation is 1. The van der Waals surface area contributed by atoms with Gasteiger partial charge in [-0.1, -0.05) is 0 Å². The van der Waals surface area contributed by atoms with E-state index in [0.717, 1.165) is 5.56 Å². The zero-order valence-electron chi connectivity index (χ0n) is 18.4. The van der Waals surface area contributed by atoms with Crippen LogP contribution in [0.5, 0.6) is 0 Å². The number of nitrogens with zero attached hydrogens (tertiary/aromatic N) is 5. The van der Waals surface area contributed by atoms with E-state index in [-0.39, 0.29) is 24.5 Å². The molecule has 2 aromatic rings. The van der Waals surface area contributed by atoms with Gasteiger partial charge in [-0.3, -0.25) is 14.3 Å². The number of nitrogens with one attached hydrogen (secondary N) is 2. The first-order valence-corrected chi connectivity index (χ1v) is 10.7. The van der Waals surface area contributed by atoms with Gasteiger partial charge in [-0.05, 0) is 32.6 Å². The van der Waals surface area contributed by atoms with Crippen LogP contribution in [0.3, 0.4) is 0 Å². The van der Waals surface area contributed by atoms with E-state index in [9.17, 15) is 18.4 Å². The Morgan fingerprint density at radius 2 is 2.03 bits per heavy atom. The van der Waals surface area contributed by atoms with Crippen LogP contribution >= 0.6 is 0 Å². The molecule has 1 aliphatic heterocycles. The van der Waals surface area contributed by atoms with Gasteiger partial charge in [-0.2, -0.15) is 10.1 Å². The largest absolute Gasteiger partial charge is 0.350 e. The van der Waals surface area contributed by atoms with Crippen molar-refractivity contribution in [2.24, 2.45) is 5.92 Å². The van der Waals surface area contributed by atoms with Crippen molar-refractivity contribution in [2.45, 2.75) is 64.6 Å². The summed E-state index contributed by atoms with van der Waals surface area (Å²) < 4.78 is 28.5. The first-order chi connectivity index (χ1) is 15.1. The van der Waals surface area contributed by atoms with Gasteiger partial charge in [0.1, 0.15) is 5.69 Å². The predicted octanol–water partition coefficient (Wildman–Crippen LogP) is 2.77. The standard InChI is InChI=1S/C21H27F2N7O2/c1-12-16-18(29(3)17(13(2)31)19(32)27-16)28-20(26-12)24-8-15-9-25-30(11-15)10-14-4-6-21(22,23)7-5-14/h9,11,14,17H,4-8,10H2,1-3H3,(H,27,32)(H,24,26,28)/t17-/m0/s1. The van der Waals surface area contributed by atoms with E-state index in [0.29, 0.717) is 49.1 Å². The molecule has 0 saturated heterocycles. The molecular formula is C21H27F2N7O2. The fraction of sp³-hybridized carbons (Fsp3) is 0.571. The summed E-state index contributed by atoms with van der Waals surface area (Å²) in [5.41, 5.74) is 1.99. The minimum atomic E-state index is -2.52. The molecule has 172 valence electrons. The number of carbonyl (C=O) groups excluding carboxylic acids is 2. The third kappa shape index (κ3) is 4.56. The van der Waals surface area contributed by atoms with Crippen molar-refractivity contribution in [2.75, 3.05) is 22.6 Å². The van der Waals surface area contributed by atoms with Crippen LogP contribution in [0.1, 0.15) is 43.9 Å². The Morgan fingerprint density at radius 1 is 1.31 bits per heavy atom. The normalized spacial score (nSPS) is 20.6. The molecule has 1 saturated carbocycles. The van der Waals surface area contributed by atoms with Gasteiger partial charge in [0.15, 0.2) is 17.6 Å². The van der Waals surface area contributed by atoms with E-state index in [4.69, 9.17) is 0 Å². The molecule has 4 rings (SSSR count). The highest BCUT2D eigenvalue weighted by Gasteiger charge is 2.37. The highest BCUT2D eigenvalue weighted by Crippen LogP contribution is 2.36. The lowest BCUT2D eigenvalue weighted by atomic mass is 9.87. The molecule has 0 bridgehead atoms. The number of carbonyl (C=O) groups is 2. The van der Waals surface area contributed by atoms with Crippen molar-refractivity contribution in [3.63, 3.8) is 0 Å². The van der Waals surface area contributed by atoms with Crippen LogP contribution in [0.2, 0.25) is 0 Å². The van der Waals surface area contributed by atoms with E-state index in [1.165, 1.54) is 6.92 Å². The summed E-state index contributed by atoms with van der Waals surface area (Å²) in [6.07, 6.45) is 4.53. The van der Waals surface area contributed by atoms with Crippen LogP contribution < -0.4 is 15.5 Å². The molecule has 1 fully saturated rings. The third-order valence-corrected chi connectivity index (χ3v) is 6.09. The second kappa shape index (κ2) is 8.44. The summed E-state index contributed by atoms with van der Waals surface area (Å²) >= 11 is 0. The predicted molar refractivity (Wildman–Crippen MR) is 115 cm³/mol. The molecule has 3 heterocycles. The molecule has 9 nitrogen and oxygen atoms in total. The molecule has 1 amide bonds. The number of hydrogen-bond acceptors (Lipinski definition) is 7. The smallest absolute Gasteiger partial charge is 0.255 e. The molecule has 2 N–H and O–H groups in total. The number of halogens is 2. The molecule has 1 atom stereocenters. The van der Waals surface area contributed by atoms with E-state index in [1.54, 1.807) is 29.7 Å². The maximum atomic E-state index is 13.3. The highest BCUT2D eigenvalue weighted by atomic mass is 19.3. The van der Waals surface area contributed by atoms with Gasteiger partial charge in [0.05, 0.1) is 11.9 Å². The van der Waals surface area contributed by atoms with Crippen LogP contribution in [0.4, 0.5) is 26.2 Å². The Balaban J connectivity index is 1.40. The van der Waals surface area contributed by atoms with Crippen molar-refractivity contribution < 1.29 is 18.4 Å². The monoisotopic (exact) mass is 447 g/mol. The Morgan fingerprint density at radius 3 is 2.72 bits per heavy atom. The lowest BCUT2D eigenvalue weighted by molar-refractivity contribution is -0.126. The molecule has 0 aromatic carbocycles.